The van der Waals surface area contributed by atoms with Gasteiger partial charge in [0.05, 0.1) is 11.3 Å². The highest BCUT2D eigenvalue weighted by Crippen LogP contribution is 2.26. The molecule has 0 heterocycles. The molecule has 5 nitrogen and oxygen atoms in total. The Morgan fingerprint density at radius 2 is 1.90 bits per heavy atom. The predicted molar refractivity (Wildman–Crippen MR) is 79.2 cm³/mol. The van der Waals surface area contributed by atoms with Crippen molar-refractivity contribution in [3.05, 3.63) is 58.1 Å². The number of aromatic carboxylic acids is 1. The van der Waals surface area contributed by atoms with Gasteiger partial charge in [0.25, 0.3) is 5.91 Å². The van der Waals surface area contributed by atoms with Gasteiger partial charge in [-0.25, -0.2) is 4.79 Å². The van der Waals surface area contributed by atoms with Crippen LogP contribution in [-0.4, -0.2) is 22.1 Å². The van der Waals surface area contributed by atoms with Gasteiger partial charge in [0.15, 0.2) is 0 Å². The molecule has 6 heteroatoms. The molecule has 0 fully saturated rings. The van der Waals surface area contributed by atoms with Crippen LogP contribution < -0.4 is 5.32 Å². The van der Waals surface area contributed by atoms with Crippen LogP contribution in [0, 0.1) is 6.92 Å². The van der Waals surface area contributed by atoms with Crippen molar-refractivity contribution in [2.45, 2.75) is 6.92 Å². The molecule has 0 atom stereocenters. The quantitative estimate of drug-likeness (QED) is 0.759. The second kappa shape index (κ2) is 5.85. The summed E-state index contributed by atoms with van der Waals surface area (Å²) in [6.07, 6.45) is 0. The fourth-order valence-electron chi connectivity index (χ4n) is 1.81. The third-order valence-corrected chi connectivity index (χ3v) is 3.41. The Kier molecular flexibility index (Phi) is 4.14. The number of phenolic OH excluding ortho intramolecular Hbond substituents is 1. The molecule has 2 aromatic rings. The van der Waals surface area contributed by atoms with Gasteiger partial charge in [0.1, 0.15) is 5.75 Å². The van der Waals surface area contributed by atoms with Crippen molar-refractivity contribution in [1.82, 2.24) is 0 Å². The number of carboxylic acid groups (broad SMARTS) is 1. The van der Waals surface area contributed by atoms with Crippen LogP contribution >= 0.6 is 11.6 Å². The van der Waals surface area contributed by atoms with E-state index in [0.717, 1.165) is 6.07 Å². The fourth-order valence-corrected chi connectivity index (χ4v) is 1.99. The van der Waals surface area contributed by atoms with E-state index in [9.17, 15) is 14.7 Å². The molecule has 0 bridgehead atoms. The van der Waals surface area contributed by atoms with E-state index in [2.05, 4.69) is 5.32 Å². The maximum absolute atomic E-state index is 12.2. The van der Waals surface area contributed by atoms with Gasteiger partial charge in [0, 0.05) is 10.6 Å². The van der Waals surface area contributed by atoms with Crippen LogP contribution in [0.2, 0.25) is 5.02 Å². The van der Waals surface area contributed by atoms with Crippen LogP contribution in [0.15, 0.2) is 36.4 Å². The Labute approximate surface area is 125 Å². The van der Waals surface area contributed by atoms with Gasteiger partial charge >= 0.3 is 5.97 Å². The summed E-state index contributed by atoms with van der Waals surface area (Å²) in [5, 5.41) is 21.6. The van der Waals surface area contributed by atoms with Crippen molar-refractivity contribution in [3.8, 4) is 5.75 Å². The van der Waals surface area contributed by atoms with Gasteiger partial charge in [-0.1, -0.05) is 17.7 Å². The SMILES string of the molecule is Cc1c(Cl)cccc1C(=O)Nc1ccc(C(=O)O)cc1O. The second-order valence-electron chi connectivity index (χ2n) is 4.40. The summed E-state index contributed by atoms with van der Waals surface area (Å²) >= 11 is 5.95. The van der Waals surface area contributed by atoms with Gasteiger partial charge in [-0.3, -0.25) is 4.79 Å². The number of carbonyl (C=O) groups is 2. The molecule has 0 aromatic heterocycles. The molecular weight excluding hydrogens is 294 g/mol. The van der Waals surface area contributed by atoms with Crippen LogP contribution in [0.25, 0.3) is 0 Å². The minimum Gasteiger partial charge on any atom is -0.506 e. The molecule has 0 spiro atoms. The lowest BCUT2D eigenvalue weighted by Gasteiger charge is -2.10. The summed E-state index contributed by atoms with van der Waals surface area (Å²) in [6.45, 7) is 1.71. The smallest absolute Gasteiger partial charge is 0.335 e. The number of hydrogen-bond donors (Lipinski definition) is 3. The summed E-state index contributed by atoms with van der Waals surface area (Å²) in [4.78, 5) is 22.9. The molecule has 0 unspecified atom stereocenters. The van der Waals surface area contributed by atoms with Crippen molar-refractivity contribution in [1.29, 1.82) is 0 Å². The summed E-state index contributed by atoms with van der Waals surface area (Å²) in [5.74, 6) is -1.91. The van der Waals surface area contributed by atoms with E-state index >= 15 is 0 Å². The number of amides is 1. The highest BCUT2D eigenvalue weighted by molar-refractivity contribution is 6.32. The Balaban J connectivity index is 2.28. The molecule has 3 N–H and O–H groups in total. The van der Waals surface area contributed by atoms with E-state index in [1.807, 2.05) is 0 Å². The maximum atomic E-state index is 12.2. The first-order valence-corrected chi connectivity index (χ1v) is 6.40. The van der Waals surface area contributed by atoms with Gasteiger partial charge in [-0.15, -0.1) is 0 Å². The average molecular weight is 306 g/mol. The Morgan fingerprint density at radius 3 is 2.52 bits per heavy atom. The van der Waals surface area contributed by atoms with Gasteiger partial charge < -0.3 is 15.5 Å². The van der Waals surface area contributed by atoms with E-state index in [4.69, 9.17) is 16.7 Å². The number of halogens is 1. The van der Waals surface area contributed by atoms with Crippen molar-refractivity contribution in [2.24, 2.45) is 0 Å². The highest BCUT2D eigenvalue weighted by Gasteiger charge is 2.14. The first-order chi connectivity index (χ1) is 9.90. The number of hydrogen-bond acceptors (Lipinski definition) is 3. The lowest BCUT2D eigenvalue weighted by Crippen LogP contribution is -2.13. The molecule has 2 rings (SSSR count). The third-order valence-electron chi connectivity index (χ3n) is 3.01. The molecule has 0 aliphatic heterocycles. The number of phenols is 1. The van der Waals surface area contributed by atoms with Crippen LogP contribution in [0.4, 0.5) is 5.69 Å². The topological polar surface area (TPSA) is 86.6 Å². The highest BCUT2D eigenvalue weighted by atomic mass is 35.5. The first-order valence-electron chi connectivity index (χ1n) is 6.03. The lowest BCUT2D eigenvalue weighted by molar-refractivity contribution is 0.0696. The molecule has 0 radical (unpaired) electrons. The number of carboxylic acids is 1. The zero-order valence-corrected chi connectivity index (χ0v) is 11.8. The largest absolute Gasteiger partial charge is 0.506 e. The fraction of sp³-hybridized carbons (Fsp3) is 0.0667. The third kappa shape index (κ3) is 3.14. The number of anilines is 1. The zero-order valence-electron chi connectivity index (χ0n) is 11.1. The molecular formula is C15H12ClNO4. The van der Waals surface area contributed by atoms with Crippen LogP contribution in [0.1, 0.15) is 26.3 Å². The second-order valence-corrected chi connectivity index (χ2v) is 4.81. The minimum absolute atomic E-state index is 0.0653. The number of aromatic hydroxyl groups is 1. The normalized spacial score (nSPS) is 10.2. The number of nitrogens with one attached hydrogen (secondary N) is 1. The zero-order chi connectivity index (χ0) is 15.6. The number of carbonyl (C=O) groups excluding carboxylic acids is 1. The van der Waals surface area contributed by atoms with Crippen molar-refractivity contribution in [2.75, 3.05) is 5.32 Å². The van der Waals surface area contributed by atoms with Crippen molar-refractivity contribution in [3.63, 3.8) is 0 Å². The molecule has 2 aromatic carbocycles. The average Bonchev–Trinajstić information content (AvgIpc) is 2.43. The van der Waals surface area contributed by atoms with E-state index in [1.54, 1.807) is 25.1 Å². The molecule has 108 valence electrons. The minimum atomic E-state index is -1.16. The first kappa shape index (κ1) is 14.9. The van der Waals surface area contributed by atoms with Crippen LogP contribution in [-0.2, 0) is 0 Å². The van der Waals surface area contributed by atoms with E-state index in [0.29, 0.717) is 16.1 Å². The summed E-state index contributed by atoms with van der Waals surface area (Å²) < 4.78 is 0. The number of rotatable bonds is 3. The van der Waals surface area contributed by atoms with Gasteiger partial charge in [-0.2, -0.15) is 0 Å². The molecule has 0 saturated heterocycles. The molecule has 0 aliphatic carbocycles. The monoisotopic (exact) mass is 305 g/mol. The van der Waals surface area contributed by atoms with E-state index in [-0.39, 0.29) is 17.0 Å². The van der Waals surface area contributed by atoms with Crippen LogP contribution in [0.3, 0.4) is 0 Å². The van der Waals surface area contributed by atoms with Gasteiger partial charge in [-0.05, 0) is 42.8 Å². The van der Waals surface area contributed by atoms with Gasteiger partial charge in [0.2, 0.25) is 0 Å². The summed E-state index contributed by atoms with van der Waals surface area (Å²) in [7, 11) is 0. The Morgan fingerprint density at radius 1 is 1.19 bits per heavy atom. The summed E-state index contributed by atoms with van der Waals surface area (Å²) in [5.41, 5.74) is 1.07. The standard InChI is InChI=1S/C15H12ClNO4/c1-8-10(3-2-4-11(8)16)14(19)17-12-6-5-9(15(20)21)7-13(12)18/h2-7,18H,1H3,(H,17,19)(H,20,21). The molecule has 0 aliphatic rings. The Bertz CT molecular complexity index is 728. The Hall–Kier alpha value is -2.53. The van der Waals surface area contributed by atoms with Crippen molar-refractivity contribution >= 4 is 29.2 Å². The summed E-state index contributed by atoms with van der Waals surface area (Å²) in [6, 6.07) is 8.63. The van der Waals surface area contributed by atoms with E-state index in [1.165, 1.54) is 12.1 Å². The maximum Gasteiger partial charge on any atom is 0.335 e. The van der Waals surface area contributed by atoms with E-state index < -0.39 is 11.9 Å². The lowest BCUT2D eigenvalue weighted by atomic mass is 10.1. The van der Waals surface area contributed by atoms with Crippen molar-refractivity contribution < 1.29 is 19.8 Å². The molecule has 21 heavy (non-hydrogen) atoms. The molecule has 0 saturated carbocycles. The van der Waals surface area contributed by atoms with Crippen LogP contribution in [0.5, 0.6) is 5.75 Å². The number of benzene rings is 2. The predicted octanol–water partition coefficient (Wildman–Crippen LogP) is 3.30. The molecule has 1 amide bonds.